The lowest BCUT2D eigenvalue weighted by Gasteiger charge is -2.29. The molecule has 2 fully saturated rings. The fourth-order valence-electron chi connectivity index (χ4n) is 1.58. The second kappa shape index (κ2) is 2.72. The molecule has 1 saturated carbocycles. The van der Waals surface area contributed by atoms with Crippen molar-refractivity contribution < 1.29 is 0 Å². The fraction of sp³-hybridized carbons (Fsp3) is 1.00. The quantitative estimate of drug-likeness (QED) is 0.541. The van der Waals surface area contributed by atoms with Gasteiger partial charge < -0.3 is 5.32 Å². The summed E-state index contributed by atoms with van der Waals surface area (Å²) in [4.78, 5) is 0. The minimum atomic E-state index is 0.742. The predicted octanol–water partition coefficient (Wildman–Crippen LogP) is 0.515. The molecule has 0 radical (unpaired) electrons. The van der Waals surface area contributed by atoms with Crippen molar-refractivity contribution in [3.05, 3.63) is 0 Å². The molecule has 0 amide bonds. The van der Waals surface area contributed by atoms with E-state index < -0.39 is 0 Å². The lowest BCUT2D eigenvalue weighted by Crippen LogP contribution is -2.48. The van der Waals surface area contributed by atoms with Gasteiger partial charge in [-0.15, -0.1) is 0 Å². The van der Waals surface area contributed by atoms with Crippen molar-refractivity contribution in [3.8, 4) is 0 Å². The number of nitrogens with one attached hydrogen (secondary N) is 1. The summed E-state index contributed by atoms with van der Waals surface area (Å²) >= 11 is 4.34. The first-order chi connectivity index (χ1) is 4.86. The lowest BCUT2D eigenvalue weighted by molar-refractivity contribution is 0.301. The summed E-state index contributed by atoms with van der Waals surface area (Å²) in [6, 6.07) is 0.742. The van der Waals surface area contributed by atoms with E-state index in [0.717, 1.165) is 31.6 Å². The van der Waals surface area contributed by atoms with Crippen molar-refractivity contribution in [3.63, 3.8) is 0 Å². The van der Waals surface area contributed by atoms with Crippen LogP contribution in [0.3, 0.4) is 0 Å². The van der Waals surface area contributed by atoms with Crippen LogP contribution < -0.4 is 5.32 Å². The Hall–Kier alpha value is 0.270. The molecule has 1 unspecified atom stereocenters. The van der Waals surface area contributed by atoms with Crippen LogP contribution in [0.5, 0.6) is 0 Å². The Balaban J connectivity index is 1.84. The molecule has 1 heterocycles. The zero-order valence-electron chi connectivity index (χ0n) is 6.08. The van der Waals surface area contributed by atoms with Crippen LogP contribution in [-0.4, -0.2) is 30.0 Å². The number of thiol groups is 1. The van der Waals surface area contributed by atoms with Gasteiger partial charge >= 0.3 is 0 Å². The molecule has 1 aliphatic carbocycles. The highest BCUT2D eigenvalue weighted by atomic mass is 32.1. The first-order valence-electron chi connectivity index (χ1n) is 4.03. The van der Waals surface area contributed by atoms with Gasteiger partial charge in [0.1, 0.15) is 0 Å². The van der Waals surface area contributed by atoms with Crippen LogP contribution in [0.15, 0.2) is 0 Å². The standard InChI is InChI=1S/C7H14N2S/c10-9-4-3-8-7(5-9)6-1-2-6/h6-8,10H,1-5H2. The summed E-state index contributed by atoms with van der Waals surface area (Å²) in [6.45, 7) is 3.34. The number of hydrogen-bond donors (Lipinski definition) is 2. The molecular weight excluding hydrogens is 144 g/mol. The third kappa shape index (κ3) is 1.47. The Bertz CT molecular complexity index is 125. The summed E-state index contributed by atoms with van der Waals surface area (Å²) in [5, 5.41) is 3.52. The van der Waals surface area contributed by atoms with Crippen LogP contribution in [0.25, 0.3) is 0 Å². The van der Waals surface area contributed by atoms with Gasteiger partial charge in [-0.1, -0.05) is 12.8 Å². The number of piperazine rings is 1. The highest BCUT2D eigenvalue weighted by Gasteiger charge is 2.33. The zero-order valence-corrected chi connectivity index (χ0v) is 6.98. The van der Waals surface area contributed by atoms with Gasteiger partial charge in [-0.2, -0.15) is 0 Å². The van der Waals surface area contributed by atoms with Gasteiger partial charge in [0.05, 0.1) is 0 Å². The molecule has 0 aromatic carbocycles. The van der Waals surface area contributed by atoms with E-state index >= 15 is 0 Å². The Labute approximate surface area is 67.5 Å². The van der Waals surface area contributed by atoms with Gasteiger partial charge in [0.2, 0.25) is 0 Å². The minimum Gasteiger partial charge on any atom is -0.311 e. The van der Waals surface area contributed by atoms with E-state index in [0.29, 0.717) is 0 Å². The molecule has 10 heavy (non-hydrogen) atoms. The van der Waals surface area contributed by atoms with Crippen LogP contribution in [-0.2, 0) is 0 Å². The van der Waals surface area contributed by atoms with Crippen molar-refractivity contribution >= 4 is 12.8 Å². The average Bonchev–Trinajstić information content (AvgIpc) is 2.68. The third-order valence-electron chi connectivity index (χ3n) is 2.37. The fourth-order valence-corrected chi connectivity index (χ4v) is 1.85. The van der Waals surface area contributed by atoms with E-state index in [1.54, 1.807) is 0 Å². The van der Waals surface area contributed by atoms with Crippen molar-refractivity contribution in [1.82, 2.24) is 9.62 Å². The maximum absolute atomic E-state index is 4.34. The lowest BCUT2D eigenvalue weighted by atomic mass is 10.1. The minimum absolute atomic E-state index is 0.742. The molecule has 0 bridgehead atoms. The Morgan fingerprint density at radius 1 is 1.40 bits per heavy atom. The topological polar surface area (TPSA) is 15.3 Å². The van der Waals surface area contributed by atoms with Gasteiger partial charge in [-0.25, -0.2) is 0 Å². The second-order valence-corrected chi connectivity index (χ2v) is 3.88. The van der Waals surface area contributed by atoms with Crippen molar-refractivity contribution in [2.45, 2.75) is 18.9 Å². The van der Waals surface area contributed by atoms with Crippen LogP contribution in [0, 0.1) is 5.92 Å². The smallest absolute Gasteiger partial charge is 0.0244 e. The third-order valence-corrected chi connectivity index (χ3v) is 2.74. The first-order valence-corrected chi connectivity index (χ1v) is 4.43. The zero-order chi connectivity index (χ0) is 6.97. The second-order valence-electron chi connectivity index (χ2n) is 3.31. The highest BCUT2D eigenvalue weighted by Crippen LogP contribution is 2.33. The molecule has 1 saturated heterocycles. The average molecular weight is 158 g/mol. The van der Waals surface area contributed by atoms with Gasteiger partial charge in [-0.05, 0) is 18.8 Å². The van der Waals surface area contributed by atoms with Gasteiger partial charge in [0.15, 0.2) is 0 Å². The van der Waals surface area contributed by atoms with E-state index in [2.05, 4.69) is 22.4 Å². The van der Waals surface area contributed by atoms with Gasteiger partial charge in [0, 0.05) is 25.7 Å². The summed E-state index contributed by atoms with van der Waals surface area (Å²) < 4.78 is 2.12. The van der Waals surface area contributed by atoms with E-state index in [1.165, 1.54) is 12.8 Å². The van der Waals surface area contributed by atoms with Gasteiger partial charge in [0.25, 0.3) is 0 Å². The molecule has 2 nitrogen and oxygen atoms in total. The molecule has 3 heteroatoms. The van der Waals surface area contributed by atoms with Crippen molar-refractivity contribution in [2.24, 2.45) is 5.92 Å². The summed E-state index contributed by atoms with van der Waals surface area (Å²) in [5.74, 6) is 0.968. The molecule has 0 aromatic rings. The Morgan fingerprint density at radius 2 is 2.20 bits per heavy atom. The summed E-state index contributed by atoms with van der Waals surface area (Å²) in [6.07, 6.45) is 2.86. The Morgan fingerprint density at radius 3 is 2.80 bits per heavy atom. The largest absolute Gasteiger partial charge is 0.311 e. The van der Waals surface area contributed by atoms with Crippen molar-refractivity contribution in [2.75, 3.05) is 19.6 Å². The Kier molecular flexibility index (Phi) is 1.89. The molecule has 0 aromatic heterocycles. The predicted molar refractivity (Wildman–Crippen MR) is 45.1 cm³/mol. The SMILES string of the molecule is SN1CCNC(C2CC2)C1. The molecule has 1 atom stereocenters. The van der Waals surface area contributed by atoms with Crippen LogP contribution in [0.1, 0.15) is 12.8 Å². The van der Waals surface area contributed by atoms with Crippen LogP contribution in [0.4, 0.5) is 0 Å². The van der Waals surface area contributed by atoms with E-state index in [4.69, 9.17) is 0 Å². The van der Waals surface area contributed by atoms with E-state index in [9.17, 15) is 0 Å². The first kappa shape index (κ1) is 6.95. The molecule has 0 spiro atoms. The summed E-state index contributed by atoms with van der Waals surface area (Å²) in [5.41, 5.74) is 0. The van der Waals surface area contributed by atoms with Crippen molar-refractivity contribution in [1.29, 1.82) is 0 Å². The van der Waals surface area contributed by atoms with E-state index in [-0.39, 0.29) is 0 Å². The molecule has 1 aliphatic heterocycles. The number of rotatable bonds is 1. The van der Waals surface area contributed by atoms with E-state index in [1.807, 2.05) is 0 Å². The maximum Gasteiger partial charge on any atom is 0.0244 e. The number of hydrogen-bond acceptors (Lipinski definition) is 3. The normalized spacial score (nSPS) is 36.3. The molecule has 1 N–H and O–H groups in total. The van der Waals surface area contributed by atoms with Crippen LogP contribution in [0.2, 0.25) is 0 Å². The number of nitrogens with zero attached hydrogens (tertiary/aromatic N) is 1. The molecule has 2 aliphatic rings. The molecule has 58 valence electrons. The summed E-state index contributed by atoms with van der Waals surface area (Å²) in [7, 11) is 0. The van der Waals surface area contributed by atoms with Crippen LogP contribution >= 0.6 is 12.8 Å². The van der Waals surface area contributed by atoms with Gasteiger partial charge in [-0.3, -0.25) is 4.31 Å². The maximum atomic E-state index is 4.34. The monoisotopic (exact) mass is 158 g/mol. The highest BCUT2D eigenvalue weighted by molar-refractivity contribution is 7.77. The molecular formula is C7H14N2S. The molecule has 2 rings (SSSR count).